The molecule has 2 unspecified atom stereocenters. The predicted octanol–water partition coefficient (Wildman–Crippen LogP) is 1.20. The van der Waals surface area contributed by atoms with E-state index >= 15 is 0 Å². The first-order valence-electron chi connectivity index (χ1n) is 6.69. The van der Waals surface area contributed by atoms with E-state index in [1.54, 1.807) is 0 Å². The van der Waals surface area contributed by atoms with Gasteiger partial charge in [0.05, 0.1) is 10.9 Å². The lowest BCUT2D eigenvalue weighted by atomic mass is 9.98. The third-order valence-electron chi connectivity index (χ3n) is 3.40. The van der Waals surface area contributed by atoms with Gasteiger partial charge in [-0.05, 0) is 33.0 Å². The van der Waals surface area contributed by atoms with Crippen molar-refractivity contribution in [2.75, 3.05) is 20.6 Å². The summed E-state index contributed by atoms with van der Waals surface area (Å²) in [6, 6.07) is 10.0. The minimum atomic E-state index is -0.457. The second-order valence-corrected chi connectivity index (χ2v) is 5.67. The highest BCUT2D eigenvalue weighted by atomic mass is 32.1. The van der Waals surface area contributed by atoms with Crippen LogP contribution in [0.25, 0.3) is 0 Å². The third kappa shape index (κ3) is 5.27. The van der Waals surface area contributed by atoms with Crippen molar-refractivity contribution >= 4 is 23.1 Å². The highest BCUT2D eigenvalue weighted by Crippen LogP contribution is 2.09. The number of amides is 1. The second-order valence-electron chi connectivity index (χ2n) is 5.20. The molecule has 110 valence electrons. The zero-order valence-corrected chi connectivity index (χ0v) is 13.1. The van der Waals surface area contributed by atoms with Gasteiger partial charge in [-0.15, -0.1) is 0 Å². The molecule has 0 radical (unpaired) electrons. The SMILES string of the molecule is CC(CNC(=O)C(Cc1ccccc1)C(N)=S)N(C)C. The van der Waals surface area contributed by atoms with Gasteiger partial charge in [0.15, 0.2) is 0 Å². The van der Waals surface area contributed by atoms with Gasteiger partial charge in [0.2, 0.25) is 5.91 Å². The number of nitrogens with two attached hydrogens (primary N) is 1. The van der Waals surface area contributed by atoms with E-state index in [1.807, 2.05) is 56.3 Å². The minimum absolute atomic E-state index is 0.102. The number of nitrogens with one attached hydrogen (secondary N) is 1. The van der Waals surface area contributed by atoms with E-state index in [4.69, 9.17) is 18.0 Å². The second kappa shape index (κ2) is 7.97. The molecule has 0 aromatic heterocycles. The lowest BCUT2D eigenvalue weighted by molar-refractivity contribution is -0.123. The van der Waals surface area contributed by atoms with Gasteiger partial charge in [-0.1, -0.05) is 42.5 Å². The molecule has 0 bridgehead atoms. The van der Waals surface area contributed by atoms with Crippen LogP contribution < -0.4 is 11.1 Å². The quantitative estimate of drug-likeness (QED) is 0.742. The van der Waals surface area contributed by atoms with Crippen LogP contribution in [0.3, 0.4) is 0 Å². The molecule has 1 aromatic carbocycles. The molecule has 0 spiro atoms. The van der Waals surface area contributed by atoms with Crippen LogP contribution in [-0.2, 0) is 11.2 Å². The molecule has 0 heterocycles. The lowest BCUT2D eigenvalue weighted by Crippen LogP contribution is -2.44. The van der Waals surface area contributed by atoms with Crippen molar-refractivity contribution in [3.8, 4) is 0 Å². The van der Waals surface area contributed by atoms with Crippen LogP contribution in [-0.4, -0.2) is 42.5 Å². The Hall–Kier alpha value is -1.46. The summed E-state index contributed by atoms with van der Waals surface area (Å²) in [6.45, 7) is 2.63. The lowest BCUT2D eigenvalue weighted by Gasteiger charge is -2.22. The van der Waals surface area contributed by atoms with E-state index in [0.717, 1.165) is 5.56 Å². The maximum atomic E-state index is 12.2. The molecule has 20 heavy (non-hydrogen) atoms. The summed E-state index contributed by atoms with van der Waals surface area (Å²) < 4.78 is 0. The molecule has 0 aliphatic heterocycles. The molecule has 3 N–H and O–H groups in total. The van der Waals surface area contributed by atoms with E-state index in [2.05, 4.69) is 5.32 Å². The first kappa shape index (κ1) is 16.6. The monoisotopic (exact) mass is 293 g/mol. The van der Waals surface area contributed by atoms with Gasteiger partial charge in [-0.25, -0.2) is 0 Å². The normalized spacial score (nSPS) is 13.8. The van der Waals surface area contributed by atoms with Gasteiger partial charge in [0, 0.05) is 12.6 Å². The van der Waals surface area contributed by atoms with E-state index < -0.39 is 5.92 Å². The molecular weight excluding hydrogens is 270 g/mol. The minimum Gasteiger partial charge on any atom is -0.393 e. The number of benzene rings is 1. The highest BCUT2D eigenvalue weighted by Gasteiger charge is 2.22. The molecule has 0 aliphatic carbocycles. The average molecular weight is 293 g/mol. The Kier molecular flexibility index (Phi) is 6.61. The van der Waals surface area contributed by atoms with Gasteiger partial charge in [-0.3, -0.25) is 4.79 Å². The molecule has 2 atom stereocenters. The molecule has 0 saturated heterocycles. The number of carbonyl (C=O) groups excluding carboxylic acids is 1. The van der Waals surface area contributed by atoms with Crippen LogP contribution in [0.2, 0.25) is 0 Å². The Balaban J connectivity index is 2.62. The third-order valence-corrected chi connectivity index (χ3v) is 3.68. The molecule has 1 aromatic rings. The largest absolute Gasteiger partial charge is 0.393 e. The number of hydrogen-bond donors (Lipinski definition) is 2. The topological polar surface area (TPSA) is 58.4 Å². The zero-order valence-electron chi connectivity index (χ0n) is 12.3. The fourth-order valence-electron chi connectivity index (χ4n) is 1.73. The Morgan fingerprint density at radius 3 is 2.45 bits per heavy atom. The molecule has 0 fully saturated rings. The predicted molar refractivity (Wildman–Crippen MR) is 86.6 cm³/mol. The van der Waals surface area contributed by atoms with Crippen molar-refractivity contribution in [2.24, 2.45) is 11.7 Å². The summed E-state index contributed by atoms with van der Waals surface area (Å²) in [5.41, 5.74) is 6.77. The fraction of sp³-hybridized carbons (Fsp3) is 0.467. The number of hydrogen-bond acceptors (Lipinski definition) is 3. The van der Waals surface area contributed by atoms with Crippen LogP contribution >= 0.6 is 12.2 Å². The molecule has 5 heteroatoms. The van der Waals surface area contributed by atoms with Crippen molar-refractivity contribution in [3.63, 3.8) is 0 Å². The first-order valence-corrected chi connectivity index (χ1v) is 7.10. The highest BCUT2D eigenvalue weighted by molar-refractivity contribution is 7.80. The van der Waals surface area contributed by atoms with Crippen molar-refractivity contribution in [2.45, 2.75) is 19.4 Å². The average Bonchev–Trinajstić information content (AvgIpc) is 2.42. The summed E-state index contributed by atoms with van der Waals surface area (Å²) in [6.07, 6.45) is 0.540. The Morgan fingerprint density at radius 2 is 1.95 bits per heavy atom. The summed E-state index contributed by atoms with van der Waals surface area (Å²) in [5.74, 6) is -0.559. The number of likely N-dealkylation sites (N-methyl/N-ethyl adjacent to an activating group) is 1. The van der Waals surface area contributed by atoms with E-state index in [9.17, 15) is 4.79 Å². The summed E-state index contributed by atoms with van der Waals surface area (Å²) in [5, 5.41) is 2.92. The van der Waals surface area contributed by atoms with Crippen LogP contribution in [0.4, 0.5) is 0 Å². The molecule has 0 aliphatic rings. The number of thiocarbonyl (C=S) groups is 1. The maximum absolute atomic E-state index is 12.2. The van der Waals surface area contributed by atoms with Gasteiger partial charge in [-0.2, -0.15) is 0 Å². The zero-order chi connectivity index (χ0) is 15.1. The number of nitrogens with zero attached hydrogens (tertiary/aromatic N) is 1. The van der Waals surface area contributed by atoms with Crippen LogP contribution in [0, 0.1) is 5.92 Å². The molecule has 1 rings (SSSR count). The van der Waals surface area contributed by atoms with Crippen LogP contribution in [0.1, 0.15) is 12.5 Å². The van der Waals surface area contributed by atoms with Gasteiger partial charge in [0.1, 0.15) is 0 Å². The smallest absolute Gasteiger partial charge is 0.230 e. The summed E-state index contributed by atoms with van der Waals surface area (Å²) >= 11 is 5.03. The van der Waals surface area contributed by atoms with Crippen molar-refractivity contribution in [1.82, 2.24) is 10.2 Å². The van der Waals surface area contributed by atoms with Crippen LogP contribution in [0.5, 0.6) is 0 Å². The number of carbonyl (C=O) groups is 1. The molecule has 4 nitrogen and oxygen atoms in total. The molecular formula is C15H23N3OS. The van der Waals surface area contributed by atoms with Crippen molar-refractivity contribution in [3.05, 3.63) is 35.9 Å². The van der Waals surface area contributed by atoms with Crippen molar-refractivity contribution in [1.29, 1.82) is 0 Å². The molecule has 1 amide bonds. The van der Waals surface area contributed by atoms with Crippen molar-refractivity contribution < 1.29 is 4.79 Å². The number of rotatable bonds is 7. The first-order chi connectivity index (χ1) is 9.41. The molecule has 0 saturated carbocycles. The van der Waals surface area contributed by atoms with E-state index in [-0.39, 0.29) is 16.9 Å². The Morgan fingerprint density at radius 1 is 1.35 bits per heavy atom. The van der Waals surface area contributed by atoms with Gasteiger partial charge < -0.3 is 16.0 Å². The standard InChI is InChI=1S/C15H23N3OS/c1-11(18(2)3)10-17-15(19)13(14(16)20)9-12-7-5-4-6-8-12/h4-8,11,13H,9-10H2,1-3H3,(H2,16,20)(H,17,19). The van der Waals surface area contributed by atoms with Crippen LogP contribution in [0.15, 0.2) is 30.3 Å². The Labute approximate surface area is 126 Å². The van der Waals surface area contributed by atoms with E-state index in [0.29, 0.717) is 13.0 Å². The maximum Gasteiger partial charge on any atom is 0.230 e. The Bertz CT molecular complexity index is 448. The van der Waals surface area contributed by atoms with Gasteiger partial charge in [0.25, 0.3) is 0 Å². The van der Waals surface area contributed by atoms with E-state index in [1.165, 1.54) is 0 Å². The summed E-state index contributed by atoms with van der Waals surface area (Å²) in [7, 11) is 3.96. The fourth-order valence-corrected chi connectivity index (χ4v) is 1.92. The summed E-state index contributed by atoms with van der Waals surface area (Å²) in [4.78, 5) is 14.5. The van der Waals surface area contributed by atoms with Gasteiger partial charge >= 0.3 is 0 Å².